The fraction of sp³-hybridized carbons (Fsp3) is 1.00. The van der Waals surface area contributed by atoms with E-state index in [0.717, 1.165) is 28.4 Å². The number of rotatable bonds is 11. The topological polar surface area (TPSA) is 145 Å². The summed E-state index contributed by atoms with van der Waals surface area (Å²) in [7, 11) is -9.69. The highest BCUT2D eigenvalue weighted by Gasteiger charge is 2.46. The van der Waals surface area contributed by atoms with E-state index in [9.17, 15) is 18.8 Å². The molecule has 12 nitrogen and oxygen atoms in total. The third-order valence-electron chi connectivity index (χ3n) is 3.10. The summed E-state index contributed by atoms with van der Waals surface area (Å²) in [6.07, 6.45) is -1.47. The lowest BCUT2D eigenvalue weighted by atomic mass is 10.1. The second-order valence-corrected chi connectivity index (χ2v) is 10.5. The predicted octanol–water partition coefficient (Wildman–Crippen LogP) is 2.48. The van der Waals surface area contributed by atoms with Crippen LogP contribution >= 0.6 is 23.5 Å². The third-order valence-corrected chi connectivity index (χ3v) is 8.56. The molecular weight excluding hydrogens is 405 g/mol. The van der Waals surface area contributed by atoms with Crippen LogP contribution in [0.4, 0.5) is 0 Å². The zero-order valence-electron chi connectivity index (χ0n) is 14.4. The Morgan fingerprint density at radius 3 is 1.80 bits per heavy atom. The Hall–Kier alpha value is 0.330. The molecule has 0 aromatic heterocycles. The minimum Gasteiger partial charge on any atom is -0.390 e. The number of ether oxygens (including phenoxy) is 1. The van der Waals surface area contributed by atoms with Crippen molar-refractivity contribution >= 4 is 23.5 Å². The van der Waals surface area contributed by atoms with Gasteiger partial charge >= 0.3 is 23.5 Å². The minimum atomic E-state index is -4.71. The summed E-state index contributed by atoms with van der Waals surface area (Å²) < 4.78 is 74.4. The molecule has 0 bridgehead atoms. The van der Waals surface area contributed by atoms with Gasteiger partial charge in [-0.2, -0.15) is 8.62 Å². The SMILES string of the molecule is COP(=O)(OC)OP(=O)(OC)OP(=O)(OC)OCC1OC(C)CC1O. The summed E-state index contributed by atoms with van der Waals surface area (Å²) in [5.41, 5.74) is 0. The molecule has 1 aliphatic heterocycles. The Bertz CT molecular complexity index is 559. The van der Waals surface area contributed by atoms with Crippen molar-refractivity contribution in [3.8, 4) is 0 Å². The molecule has 0 aromatic carbocycles. The maximum atomic E-state index is 12.5. The molecule has 1 fully saturated rings. The van der Waals surface area contributed by atoms with Crippen LogP contribution in [0, 0.1) is 0 Å². The fourth-order valence-corrected chi connectivity index (χ4v) is 6.28. The van der Waals surface area contributed by atoms with Gasteiger partial charge in [0.1, 0.15) is 6.10 Å². The maximum Gasteiger partial charge on any atom is 0.492 e. The smallest absolute Gasteiger partial charge is 0.390 e. The van der Waals surface area contributed by atoms with E-state index in [4.69, 9.17) is 13.6 Å². The van der Waals surface area contributed by atoms with Crippen LogP contribution in [0.5, 0.6) is 0 Å². The molecule has 0 aromatic rings. The quantitative estimate of drug-likeness (QED) is 0.483. The van der Waals surface area contributed by atoms with Gasteiger partial charge in [0.2, 0.25) is 0 Å². The summed E-state index contributed by atoms with van der Waals surface area (Å²) in [5.74, 6) is 0. The molecule has 5 unspecified atom stereocenters. The van der Waals surface area contributed by atoms with E-state index < -0.39 is 35.7 Å². The Kier molecular flexibility index (Phi) is 8.88. The number of hydrogen-bond acceptors (Lipinski definition) is 12. The lowest BCUT2D eigenvalue weighted by molar-refractivity contribution is -0.0180. The zero-order valence-corrected chi connectivity index (χ0v) is 17.1. The van der Waals surface area contributed by atoms with Gasteiger partial charge in [-0.3, -0.25) is 22.6 Å². The summed E-state index contributed by atoms with van der Waals surface area (Å²) in [5, 5.41) is 9.77. The van der Waals surface area contributed by atoms with Gasteiger partial charge in [0.25, 0.3) is 0 Å². The van der Waals surface area contributed by atoms with Crippen LogP contribution in [-0.4, -0.2) is 58.5 Å². The van der Waals surface area contributed by atoms with E-state index in [1.54, 1.807) is 6.92 Å². The fourth-order valence-electron chi connectivity index (χ4n) is 1.83. The Balaban J connectivity index is 2.80. The van der Waals surface area contributed by atoms with Crippen molar-refractivity contribution in [1.82, 2.24) is 0 Å². The van der Waals surface area contributed by atoms with Crippen LogP contribution in [0.3, 0.4) is 0 Å². The molecule has 0 amide bonds. The number of hydrogen-bond donors (Lipinski definition) is 1. The van der Waals surface area contributed by atoms with Crippen LogP contribution in [0.1, 0.15) is 13.3 Å². The highest BCUT2D eigenvalue weighted by molar-refractivity contribution is 7.67. The Morgan fingerprint density at radius 2 is 1.40 bits per heavy atom. The van der Waals surface area contributed by atoms with Crippen LogP contribution in [0.25, 0.3) is 0 Å². The summed E-state index contributed by atoms with van der Waals surface area (Å²) in [6.45, 7) is 1.36. The number of phosphoric ester groups is 2. The molecule has 150 valence electrons. The van der Waals surface area contributed by atoms with Gasteiger partial charge in [-0.25, -0.2) is 13.7 Å². The standard InChI is InChI=1S/C10H23O12P3/c1-8-6-9(11)10(20-8)7-19-24(13,17-4)22-25(14,18-5)21-23(12,15-2)16-3/h8-11H,6-7H2,1-5H3. The van der Waals surface area contributed by atoms with Crippen LogP contribution in [-0.2, 0) is 49.7 Å². The van der Waals surface area contributed by atoms with E-state index in [0.29, 0.717) is 6.42 Å². The van der Waals surface area contributed by atoms with E-state index in [1.807, 2.05) is 0 Å². The van der Waals surface area contributed by atoms with Gasteiger partial charge in [-0.05, 0) is 6.92 Å². The second-order valence-electron chi connectivity index (χ2n) is 4.82. The first-order valence-corrected chi connectivity index (χ1v) is 11.4. The molecule has 1 heterocycles. The number of aliphatic hydroxyl groups is 1. The molecule has 15 heteroatoms. The Labute approximate surface area is 145 Å². The zero-order chi connectivity index (χ0) is 19.3. The first-order chi connectivity index (χ1) is 11.5. The molecule has 1 saturated heterocycles. The van der Waals surface area contributed by atoms with Gasteiger partial charge < -0.3 is 9.84 Å². The highest BCUT2D eigenvalue weighted by atomic mass is 31.3. The minimum absolute atomic E-state index is 0.214. The van der Waals surface area contributed by atoms with Crippen LogP contribution < -0.4 is 0 Å². The predicted molar refractivity (Wildman–Crippen MR) is 83.9 cm³/mol. The van der Waals surface area contributed by atoms with Crippen molar-refractivity contribution in [3.63, 3.8) is 0 Å². The lowest BCUT2D eigenvalue weighted by Crippen LogP contribution is -2.26. The van der Waals surface area contributed by atoms with Crippen molar-refractivity contribution in [3.05, 3.63) is 0 Å². The number of phosphoric acid groups is 3. The second kappa shape index (κ2) is 9.50. The molecule has 0 saturated carbocycles. The van der Waals surface area contributed by atoms with Crippen molar-refractivity contribution in [2.24, 2.45) is 0 Å². The normalized spacial score (nSPS) is 29.3. The molecule has 25 heavy (non-hydrogen) atoms. The molecule has 5 atom stereocenters. The third kappa shape index (κ3) is 6.77. The van der Waals surface area contributed by atoms with Gasteiger partial charge in [-0.15, -0.1) is 0 Å². The van der Waals surface area contributed by atoms with E-state index in [1.165, 1.54) is 0 Å². The van der Waals surface area contributed by atoms with Crippen molar-refractivity contribution in [2.75, 3.05) is 35.0 Å². The van der Waals surface area contributed by atoms with E-state index >= 15 is 0 Å². The monoisotopic (exact) mass is 428 g/mol. The molecule has 1 N–H and O–H groups in total. The lowest BCUT2D eigenvalue weighted by Gasteiger charge is -2.24. The molecular formula is C10H23O12P3. The van der Waals surface area contributed by atoms with E-state index in [2.05, 4.69) is 22.4 Å². The first-order valence-electron chi connectivity index (χ1n) is 6.98. The average Bonchev–Trinajstić information content (AvgIpc) is 2.90. The van der Waals surface area contributed by atoms with Crippen LogP contribution in [0.15, 0.2) is 0 Å². The van der Waals surface area contributed by atoms with Gasteiger partial charge in [-0.1, -0.05) is 0 Å². The summed E-state index contributed by atoms with van der Waals surface area (Å²) in [6, 6.07) is 0. The molecule has 0 aliphatic carbocycles. The molecule has 0 radical (unpaired) electrons. The highest BCUT2D eigenvalue weighted by Crippen LogP contribution is 2.72. The molecule has 0 spiro atoms. The average molecular weight is 428 g/mol. The molecule has 1 aliphatic rings. The summed E-state index contributed by atoms with van der Waals surface area (Å²) in [4.78, 5) is 0. The molecule has 1 rings (SSSR count). The Morgan fingerprint density at radius 1 is 0.920 bits per heavy atom. The number of aliphatic hydroxyl groups excluding tert-OH is 1. The van der Waals surface area contributed by atoms with E-state index in [-0.39, 0.29) is 12.7 Å². The summed E-state index contributed by atoms with van der Waals surface area (Å²) >= 11 is 0. The van der Waals surface area contributed by atoms with Crippen molar-refractivity contribution in [2.45, 2.75) is 31.7 Å². The maximum absolute atomic E-state index is 12.5. The van der Waals surface area contributed by atoms with Crippen molar-refractivity contribution < 1.29 is 54.8 Å². The van der Waals surface area contributed by atoms with Crippen LogP contribution in [0.2, 0.25) is 0 Å². The van der Waals surface area contributed by atoms with Crippen molar-refractivity contribution in [1.29, 1.82) is 0 Å². The van der Waals surface area contributed by atoms with Gasteiger partial charge in [0.05, 0.1) is 18.8 Å². The van der Waals surface area contributed by atoms with Gasteiger partial charge in [0.15, 0.2) is 0 Å². The largest absolute Gasteiger partial charge is 0.492 e. The first kappa shape index (κ1) is 23.4. The van der Waals surface area contributed by atoms with Gasteiger partial charge in [0, 0.05) is 34.9 Å².